The number of rotatable bonds is 11. The van der Waals surface area contributed by atoms with Crippen molar-refractivity contribution in [3.05, 3.63) is 30.1 Å². The molecule has 0 spiro atoms. The molecule has 0 aliphatic rings. The summed E-state index contributed by atoms with van der Waals surface area (Å²) in [6.07, 6.45) is 5.14. The number of amides is 1. The van der Waals surface area contributed by atoms with Crippen molar-refractivity contribution in [3.8, 4) is 0 Å². The van der Waals surface area contributed by atoms with Crippen molar-refractivity contribution in [2.75, 3.05) is 39.8 Å². The molecule has 140 valence electrons. The van der Waals surface area contributed by atoms with E-state index in [0.717, 1.165) is 32.5 Å². The molecule has 1 atom stereocenters. The van der Waals surface area contributed by atoms with Gasteiger partial charge >= 0.3 is 5.97 Å². The topological polar surface area (TPSA) is 62.7 Å². The summed E-state index contributed by atoms with van der Waals surface area (Å²) in [6.45, 7) is 10.2. The van der Waals surface area contributed by atoms with Crippen molar-refractivity contribution in [1.82, 2.24) is 14.8 Å². The minimum absolute atomic E-state index is 0.0685. The molecule has 0 aliphatic heterocycles. The lowest BCUT2D eigenvalue weighted by molar-refractivity contribution is -0.145. The van der Waals surface area contributed by atoms with Crippen LogP contribution < -0.4 is 0 Å². The van der Waals surface area contributed by atoms with E-state index in [1.165, 1.54) is 7.11 Å². The summed E-state index contributed by atoms with van der Waals surface area (Å²) < 4.78 is 4.79. The van der Waals surface area contributed by atoms with Crippen molar-refractivity contribution in [2.24, 2.45) is 5.92 Å². The number of carbonyl (C=O) groups is 2. The van der Waals surface area contributed by atoms with E-state index in [1.807, 2.05) is 0 Å². The SMILES string of the molecule is CCN(CC)CCCCN(CC(C)C(=O)OC)C(=O)c1ccncc1. The Balaban J connectivity index is 2.67. The van der Waals surface area contributed by atoms with Crippen LogP contribution in [0, 0.1) is 5.92 Å². The number of hydrogen-bond acceptors (Lipinski definition) is 5. The molecule has 1 aromatic rings. The number of pyridine rings is 1. The minimum Gasteiger partial charge on any atom is -0.469 e. The van der Waals surface area contributed by atoms with Gasteiger partial charge in [-0.05, 0) is 44.6 Å². The Hall–Kier alpha value is -1.95. The third-order valence-corrected chi connectivity index (χ3v) is 4.36. The average Bonchev–Trinajstić information content (AvgIpc) is 2.66. The van der Waals surface area contributed by atoms with E-state index in [-0.39, 0.29) is 17.8 Å². The molecule has 0 radical (unpaired) electrons. The lowest BCUT2D eigenvalue weighted by Gasteiger charge is -2.26. The van der Waals surface area contributed by atoms with Gasteiger partial charge in [-0.25, -0.2) is 0 Å². The van der Waals surface area contributed by atoms with Crippen LogP contribution in [0.25, 0.3) is 0 Å². The van der Waals surface area contributed by atoms with Gasteiger partial charge in [0.25, 0.3) is 5.91 Å². The van der Waals surface area contributed by atoms with Crippen molar-refractivity contribution in [3.63, 3.8) is 0 Å². The fraction of sp³-hybridized carbons (Fsp3) is 0.632. The molecule has 0 saturated heterocycles. The third-order valence-electron chi connectivity index (χ3n) is 4.36. The van der Waals surface area contributed by atoms with Crippen molar-refractivity contribution >= 4 is 11.9 Å². The maximum absolute atomic E-state index is 12.8. The first-order valence-corrected chi connectivity index (χ1v) is 9.02. The zero-order valence-electron chi connectivity index (χ0n) is 15.9. The first kappa shape index (κ1) is 21.1. The van der Waals surface area contributed by atoms with Crippen LogP contribution in [-0.4, -0.2) is 66.5 Å². The fourth-order valence-electron chi connectivity index (χ4n) is 2.74. The second-order valence-corrected chi connectivity index (χ2v) is 6.15. The van der Waals surface area contributed by atoms with Gasteiger partial charge in [-0.15, -0.1) is 0 Å². The molecular formula is C19H31N3O3. The van der Waals surface area contributed by atoms with Crippen LogP contribution in [0.2, 0.25) is 0 Å². The van der Waals surface area contributed by atoms with Crippen molar-refractivity contribution in [1.29, 1.82) is 0 Å². The number of ether oxygens (including phenoxy) is 1. The fourth-order valence-corrected chi connectivity index (χ4v) is 2.74. The highest BCUT2D eigenvalue weighted by Gasteiger charge is 2.22. The zero-order chi connectivity index (χ0) is 18.7. The normalized spacial score (nSPS) is 12.0. The molecule has 25 heavy (non-hydrogen) atoms. The molecule has 0 fully saturated rings. The summed E-state index contributed by atoms with van der Waals surface area (Å²) in [7, 11) is 1.37. The van der Waals surface area contributed by atoms with Gasteiger partial charge in [0.15, 0.2) is 0 Å². The standard InChI is InChI=1S/C19H31N3O3/c1-5-21(6-2)13-7-8-14-22(15-16(3)19(24)25-4)18(23)17-9-11-20-12-10-17/h9-12,16H,5-8,13-15H2,1-4H3. The molecule has 1 rings (SSSR count). The minimum atomic E-state index is -0.349. The van der Waals surface area contributed by atoms with Gasteiger partial charge in [0.2, 0.25) is 0 Å². The van der Waals surface area contributed by atoms with E-state index in [4.69, 9.17) is 4.74 Å². The van der Waals surface area contributed by atoms with Gasteiger partial charge in [0, 0.05) is 31.0 Å². The van der Waals surface area contributed by atoms with Gasteiger partial charge in [0.05, 0.1) is 13.0 Å². The van der Waals surface area contributed by atoms with Gasteiger partial charge < -0.3 is 14.5 Å². The summed E-state index contributed by atoms with van der Waals surface area (Å²) in [6, 6.07) is 3.40. The Morgan fingerprint density at radius 1 is 1.12 bits per heavy atom. The second kappa shape index (κ2) is 11.6. The first-order valence-electron chi connectivity index (χ1n) is 9.02. The van der Waals surface area contributed by atoms with Crippen LogP contribution in [0.3, 0.4) is 0 Å². The molecule has 0 N–H and O–H groups in total. The van der Waals surface area contributed by atoms with Crippen molar-refractivity contribution in [2.45, 2.75) is 33.6 Å². The monoisotopic (exact) mass is 349 g/mol. The van der Waals surface area contributed by atoms with Gasteiger partial charge in [-0.1, -0.05) is 20.8 Å². The molecule has 0 aromatic carbocycles. The van der Waals surface area contributed by atoms with E-state index in [1.54, 1.807) is 36.4 Å². The molecule has 0 aliphatic carbocycles. The highest BCUT2D eigenvalue weighted by Crippen LogP contribution is 2.10. The van der Waals surface area contributed by atoms with E-state index >= 15 is 0 Å². The Morgan fingerprint density at radius 3 is 2.28 bits per heavy atom. The largest absolute Gasteiger partial charge is 0.469 e. The predicted molar refractivity (Wildman–Crippen MR) is 98.3 cm³/mol. The zero-order valence-corrected chi connectivity index (χ0v) is 15.9. The molecule has 1 heterocycles. The van der Waals surface area contributed by atoms with Crippen molar-refractivity contribution < 1.29 is 14.3 Å². The van der Waals surface area contributed by atoms with Crippen LogP contribution in [-0.2, 0) is 9.53 Å². The van der Waals surface area contributed by atoms with Gasteiger partial charge in [-0.2, -0.15) is 0 Å². The molecule has 1 aromatic heterocycles. The average molecular weight is 349 g/mol. The summed E-state index contributed by atoms with van der Waals surface area (Å²) >= 11 is 0. The number of carbonyl (C=O) groups excluding carboxylic acids is 2. The molecule has 1 amide bonds. The van der Waals surface area contributed by atoms with E-state index in [2.05, 4.69) is 23.7 Å². The van der Waals surface area contributed by atoms with E-state index in [9.17, 15) is 9.59 Å². The highest BCUT2D eigenvalue weighted by molar-refractivity contribution is 5.94. The molecule has 1 unspecified atom stereocenters. The molecule has 0 saturated carbocycles. The Bertz CT molecular complexity index is 518. The molecular weight excluding hydrogens is 318 g/mol. The summed E-state index contributed by atoms with van der Waals surface area (Å²) in [5.41, 5.74) is 0.593. The Labute approximate surface area is 151 Å². The second-order valence-electron chi connectivity index (χ2n) is 6.15. The third kappa shape index (κ3) is 7.22. The maximum Gasteiger partial charge on any atom is 0.310 e. The summed E-state index contributed by atoms with van der Waals surface area (Å²) in [4.78, 5) is 32.6. The van der Waals surface area contributed by atoms with Crippen LogP contribution in [0.4, 0.5) is 0 Å². The smallest absolute Gasteiger partial charge is 0.310 e. The van der Waals surface area contributed by atoms with E-state index in [0.29, 0.717) is 18.7 Å². The van der Waals surface area contributed by atoms with Crippen LogP contribution in [0.15, 0.2) is 24.5 Å². The summed E-state index contributed by atoms with van der Waals surface area (Å²) in [5, 5.41) is 0. The van der Waals surface area contributed by atoms with Crippen LogP contribution in [0.1, 0.15) is 44.0 Å². The highest BCUT2D eigenvalue weighted by atomic mass is 16.5. The first-order chi connectivity index (χ1) is 12.0. The quantitative estimate of drug-likeness (QED) is 0.454. The number of aromatic nitrogens is 1. The van der Waals surface area contributed by atoms with E-state index < -0.39 is 0 Å². The number of unbranched alkanes of at least 4 members (excludes halogenated alkanes) is 1. The maximum atomic E-state index is 12.8. The van der Waals surface area contributed by atoms with Gasteiger partial charge in [0.1, 0.15) is 0 Å². The van der Waals surface area contributed by atoms with Gasteiger partial charge in [-0.3, -0.25) is 14.6 Å². The van der Waals surface area contributed by atoms with Crippen LogP contribution in [0.5, 0.6) is 0 Å². The van der Waals surface area contributed by atoms with Crippen LogP contribution >= 0.6 is 0 Å². The summed E-state index contributed by atoms with van der Waals surface area (Å²) in [5.74, 6) is -0.713. The Kier molecular flexibility index (Phi) is 9.77. The number of nitrogens with zero attached hydrogens (tertiary/aromatic N) is 3. The Morgan fingerprint density at radius 2 is 1.72 bits per heavy atom. The number of hydrogen-bond donors (Lipinski definition) is 0. The predicted octanol–water partition coefficient (Wildman–Crippen LogP) is 2.45. The molecule has 0 bridgehead atoms. The molecule has 6 nitrogen and oxygen atoms in total. The number of esters is 1. The molecule has 6 heteroatoms. The lowest BCUT2D eigenvalue weighted by atomic mass is 10.1. The number of methoxy groups -OCH3 is 1. The lowest BCUT2D eigenvalue weighted by Crippen LogP contribution is -2.38.